The molecule has 0 fully saturated rings. The number of nitrogens with one attached hydrogen (secondary N) is 1. The Morgan fingerprint density at radius 2 is 1.73 bits per heavy atom. The van der Waals surface area contributed by atoms with Crippen LogP contribution in [0.3, 0.4) is 0 Å². The van der Waals surface area contributed by atoms with E-state index < -0.39 is 18.0 Å². The number of ether oxygens (including phenoxy) is 3. The van der Waals surface area contributed by atoms with Gasteiger partial charge in [0.15, 0.2) is 17.6 Å². The van der Waals surface area contributed by atoms with E-state index in [1.54, 1.807) is 18.2 Å². The van der Waals surface area contributed by atoms with Crippen LogP contribution in [0.15, 0.2) is 53.4 Å². The highest BCUT2D eigenvalue weighted by Crippen LogP contribution is 2.29. The second-order valence-corrected chi connectivity index (χ2v) is 6.34. The molecule has 0 spiro atoms. The lowest BCUT2D eigenvalue weighted by Crippen LogP contribution is -2.30. The second kappa shape index (κ2) is 9.72. The number of carbonyl (C=O) groups excluding carboxylic acids is 2. The Bertz CT molecular complexity index is 751. The number of benzene rings is 2. The Morgan fingerprint density at radius 3 is 2.38 bits per heavy atom. The van der Waals surface area contributed by atoms with Crippen LogP contribution >= 0.6 is 11.8 Å². The van der Waals surface area contributed by atoms with Crippen LogP contribution in [0, 0.1) is 0 Å². The van der Waals surface area contributed by atoms with E-state index in [4.69, 9.17) is 14.2 Å². The summed E-state index contributed by atoms with van der Waals surface area (Å²) in [5, 5.41) is 2.69. The van der Waals surface area contributed by atoms with E-state index in [9.17, 15) is 9.59 Å². The Kier molecular flexibility index (Phi) is 7.35. The molecule has 26 heavy (non-hydrogen) atoms. The lowest BCUT2D eigenvalue weighted by atomic mass is 10.2. The van der Waals surface area contributed by atoms with Crippen molar-refractivity contribution in [3.63, 3.8) is 0 Å². The molecule has 0 saturated carbocycles. The van der Waals surface area contributed by atoms with Crippen LogP contribution in [-0.4, -0.2) is 38.0 Å². The summed E-state index contributed by atoms with van der Waals surface area (Å²) < 4.78 is 15.5. The summed E-state index contributed by atoms with van der Waals surface area (Å²) in [7, 11) is 3.04. The molecule has 0 unspecified atom stereocenters. The van der Waals surface area contributed by atoms with Crippen molar-refractivity contribution >= 4 is 29.3 Å². The molecular weight excluding hydrogens is 354 g/mol. The van der Waals surface area contributed by atoms with Gasteiger partial charge in [0.05, 0.1) is 20.0 Å². The molecule has 0 aromatic heterocycles. The van der Waals surface area contributed by atoms with E-state index in [0.717, 1.165) is 4.90 Å². The molecule has 2 aromatic carbocycles. The third kappa shape index (κ3) is 5.70. The molecule has 0 bridgehead atoms. The highest BCUT2D eigenvalue weighted by Gasteiger charge is 2.18. The maximum atomic E-state index is 12.2. The number of amides is 1. The molecule has 0 aliphatic rings. The van der Waals surface area contributed by atoms with Gasteiger partial charge in [0.2, 0.25) is 0 Å². The summed E-state index contributed by atoms with van der Waals surface area (Å²) in [6.07, 6.45) is -0.910. The van der Waals surface area contributed by atoms with E-state index in [2.05, 4.69) is 5.32 Å². The van der Waals surface area contributed by atoms with Crippen LogP contribution in [0.2, 0.25) is 0 Å². The van der Waals surface area contributed by atoms with Crippen molar-refractivity contribution < 1.29 is 23.8 Å². The Labute approximate surface area is 156 Å². The van der Waals surface area contributed by atoms with Crippen molar-refractivity contribution in [1.82, 2.24) is 0 Å². The summed E-state index contributed by atoms with van der Waals surface area (Å²) in [4.78, 5) is 25.1. The highest BCUT2D eigenvalue weighted by molar-refractivity contribution is 8.00. The number of anilines is 1. The predicted octanol–water partition coefficient (Wildman–Crippen LogP) is 3.37. The third-order valence-electron chi connectivity index (χ3n) is 3.43. The lowest BCUT2D eigenvalue weighted by molar-refractivity contribution is -0.150. The normalized spacial score (nSPS) is 11.3. The molecule has 1 atom stereocenters. The number of methoxy groups -OCH3 is 2. The fourth-order valence-electron chi connectivity index (χ4n) is 2.10. The van der Waals surface area contributed by atoms with Gasteiger partial charge in [0, 0.05) is 16.6 Å². The van der Waals surface area contributed by atoms with Crippen molar-refractivity contribution in [2.45, 2.75) is 17.9 Å². The van der Waals surface area contributed by atoms with E-state index in [0.29, 0.717) is 17.2 Å². The van der Waals surface area contributed by atoms with E-state index >= 15 is 0 Å². The van der Waals surface area contributed by atoms with Crippen LogP contribution in [-0.2, 0) is 14.3 Å². The standard InChI is InChI=1S/C19H21NO5S/c1-13(25-18(21)12-26-15-7-5-4-6-8-15)19(22)20-14-9-10-16(23-2)17(11-14)24-3/h4-11,13H,12H2,1-3H3,(H,20,22)/t13-/m0/s1. The van der Waals surface area contributed by atoms with Crippen molar-refractivity contribution in [3.8, 4) is 11.5 Å². The first-order valence-electron chi connectivity index (χ1n) is 7.93. The predicted molar refractivity (Wildman–Crippen MR) is 101 cm³/mol. The van der Waals surface area contributed by atoms with Gasteiger partial charge in [-0.2, -0.15) is 0 Å². The average molecular weight is 375 g/mol. The van der Waals surface area contributed by atoms with E-state index in [1.165, 1.54) is 32.9 Å². The fraction of sp³-hybridized carbons (Fsp3) is 0.263. The number of esters is 1. The molecule has 0 aliphatic heterocycles. The lowest BCUT2D eigenvalue weighted by Gasteiger charge is -2.14. The van der Waals surface area contributed by atoms with Gasteiger partial charge in [-0.1, -0.05) is 18.2 Å². The summed E-state index contributed by atoms with van der Waals surface area (Å²) in [6, 6.07) is 14.5. The maximum absolute atomic E-state index is 12.2. The number of carbonyl (C=O) groups is 2. The highest BCUT2D eigenvalue weighted by atomic mass is 32.2. The molecule has 7 heteroatoms. The number of thioether (sulfide) groups is 1. The Hall–Kier alpha value is -2.67. The summed E-state index contributed by atoms with van der Waals surface area (Å²) in [5.41, 5.74) is 0.522. The summed E-state index contributed by atoms with van der Waals surface area (Å²) in [5.74, 6) is 0.319. The molecular formula is C19H21NO5S. The number of hydrogen-bond donors (Lipinski definition) is 1. The van der Waals surface area contributed by atoms with Crippen LogP contribution in [0.4, 0.5) is 5.69 Å². The van der Waals surface area contributed by atoms with E-state index in [1.807, 2.05) is 30.3 Å². The maximum Gasteiger partial charge on any atom is 0.317 e. The molecule has 0 heterocycles. The molecule has 0 saturated heterocycles. The minimum Gasteiger partial charge on any atom is -0.493 e. The molecule has 6 nitrogen and oxygen atoms in total. The van der Waals surface area contributed by atoms with Crippen molar-refractivity contribution in [3.05, 3.63) is 48.5 Å². The van der Waals surface area contributed by atoms with Gasteiger partial charge in [-0.3, -0.25) is 9.59 Å². The zero-order valence-corrected chi connectivity index (χ0v) is 15.7. The topological polar surface area (TPSA) is 73.9 Å². The van der Waals surface area contributed by atoms with Crippen molar-refractivity contribution in [2.75, 3.05) is 25.3 Å². The van der Waals surface area contributed by atoms with Gasteiger partial charge >= 0.3 is 5.97 Å². The van der Waals surface area contributed by atoms with Gasteiger partial charge in [-0.15, -0.1) is 11.8 Å². The molecule has 0 radical (unpaired) electrons. The zero-order valence-electron chi connectivity index (χ0n) is 14.9. The van der Waals surface area contributed by atoms with Crippen LogP contribution in [0.5, 0.6) is 11.5 Å². The minimum absolute atomic E-state index is 0.137. The van der Waals surface area contributed by atoms with E-state index in [-0.39, 0.29) is 5.75 Å². The Balaban J connectivity index is 1.86. The van der Waals surface area contributed by atoms with Crippen LogP contribution in [0.1, 0.15) is 6.92 Å². The smallest absolute Gasteiger partial charge is 0.317 e. The Morgan fingerprint density at radius 1 is 1.04 bits per heavy atom. The first-order chi connectivity index (χ1) is 12.5. The van der Waals surface area contributed by atoms with Gasteiger partial charge in [-0.05, 0) is 31.2 Å². The number of hydrogen-bond acceptors (Lipinski definition) is 6. The van der Waals surface area contributed by atoms with Gasteiger partial charge in [0.1, 0.15) is 0 Å². The molecule has 138 valence electrons. The largest absolute Gasteiger partial charge is 0.493 e. The SMILES string of the molecule is COc1ccc(NC(=O)[C@H](C)OC(=O)CSc2ccccc2)cc1OC. The van der Waals surface area contributed by atoms with Gasteiger partial charge < -0.3 is 19.5 Å². The summed E-state index contributed by atoms with van der Waals surface area (Å²) >= 11 is 1.36. The third-order valence-corrected chi connectivity index (χ3v) is 4.41. The van der Waals surface area contributed by atoms with Gasteiger partial charge in [0.25, 0.3) is 5.91 Å². The quantitative estimate of drug-likeness (QED) is 0.563. The van der Waals surface area contributed by atoms with Crippen LogP contribution in [0.25, 0.3) is 0 Å². The first-order valence-corrected chi connectivity index (χ1v) is 8.92. The average Bonchev–Trinajstić information content (AvgIpc) is 2.67. The van der Waals surface area contributed by atoms with Crippen molar-refractivity contribution in [1.29, 1.82) is 0 Å². The monoisotopic (exact) mass is 375 g/mol. The van der Waals surface area contributed by atoms with Crippen LogP contribution < -0.4 is 14.8 Å². The van der Waals surface area contributed by atoms with Gasteiger partial charge in [-0.25, -0.2) is 0 Å². The molecule has 0 aliphatic carbocycles. The first kappa shape index (κ1) is 19.7. The molecule has 2 rings (SSSR count). The summed E-state index contributed by atoms with van der Waals surface area (Å²) in [6.45, 7) is 1.53. The number of rotatable bonds is 8. The fourth-order valence-corrected chi connectivity index (χ4v) is 2.80. The second-order valence-electron chi connectivity index (χ2n) is 5.29. The molecule has 2 aromatic rings. The van der Waals surface area contributed by atoms with Crippen molar-refractivity contribution in [2.24, 2.45) is 0 Å². The zero-order chi connectivity index (χ0) is 18.9. The minimum atomic E-state index is -0.910. The molecule has 1 amide bonds. The molecule has 1 N–H and O–H groups in total.